The topological polar surface area (TPSA) is 3.24 Å². The van der Waals surface area contributed by atoms with E-state index in [1.54, 1.807) is 11.3 Å². The third-order valence-electron chi connectivity index (χ3n) is 2.30. The Bertz CT molecular complexity index is 274. The van der Waals surface area contributed by atoms with Gasteiger partial charge in [0.25, 0.3) is 0 Å². The Hall–Kier alpha value is -0.600. The van der Waals surface area contributed by atoms with E-state index in [4.69, 9.17) is 0 Å². The molecule has 1 aromatic rings. The summed E-state index contributed by atoms with van der Waals surface area (Å²) in [6.45, 7) is 2.30. The lowest BCUT2D eigenvalue weighted by molar-refractivity contribution is 0.370. The predicted molar refractivity (Wildman–Crippen MR) is 54.4 cm³/mol. The van der Waals surface area contributed by atoms with Crippen LogP contribution < -0.4 is 0 Å². The predicted octanol–water partition coefficient (Wildman–Crippen LogP) is 2.47. The number of hydrogen-bond acceptors (Lipinski definition) is 2. The summed E-state index contributed by atoms with van der Waals surface area (Å²) in [6, 6.07) is 2.21. The second kappa shape index (κ2) is 3.42. The molecule has 0 atom stereocenters. The van der Waals surface area contributed by atoms with E-state index in [0.717, 1.165) is 6.54 Å². The summed E-state index contributed by atoms with van der Waals surface area (Å²) < 4.78 is 0. The molecule has 0 radical (unpaired) electrons. The maximum atomic E-state index is 2.34. The fourth-order valence-corrected chi connectivity index (χ4v) is 2.16. The highest BCUT2D eigenvalue weighted by Gasteiger charge is 2.08. The molecular weight excluding hydrogens is 166 g/mol. The van der Waals surface area contributed by atoms with Gasteiger partial charge in [0.1, 0.15) is 0 Å². The molecule has 0 fully saturated rings. The molecule has 0 saturated heterocycles. The molecule has 1 nitrogen and oxygen atoms in total. The lowest BCUT2D eigenvalue weighted by Crippen LogP contribution is -2.23. The van der Waals surface area contributed by atoms with Gasteiger partial charge in [0, 0.05) is 13.1 Å². The number of rotatable bonds is 1. The summed E-state index contributed by atoms with van der Waals surface area (Å²) in [5.41, 5.74) is 2.95. The summed E-state index contributed by atoms with van der Waals surface area (Å²) in [6.07, 6.45) is 3.54. The summed E-state index contributed by atoms with van der Waals surface area (Å²) >= 11 is 1.78. The molecule has 0 aliphatic carbocycles. The first-order valence-electron chi connectivity index (χ1n) is 4.26. The van der Waals surface area contributed by atoms with Crippen LogP contribution >= 0.6 is 11.3 Å². The van der Waals surface area contributed by atoms with Gasteiger partial charge in [-0.05, 0) is 41.4 Å². The van der Waals surface area contributed by atoms with Crippen LogP contribution in [0, 0.1) is 0 Å². The molecular formula is C10H13NS. The van der Waals surface area contributed by atoms with Gasteiger partial charge in [-0.1, -0.05) is 6.08 Å². The third-order valence-corrected chi connectivity index (χ3v) is 2.99. The maximum Gasteiger partial charge on any atom is 0.0166 e. The van der Waals surface area contributed by atoms with E-state index >= 15 is 0 Å². The number of likely N-dealkylation sites (N-methyl/N-ethyl adjacent to an activating group) is 1. The molecule has 1 aromatic heterocycles. The lowest BCUT2D eigenvalue weighted by atomic mass is 10.0. The highest BCUT2D eigenvalue weighted by molar-refractivity contribution is 7.08. The normalized spacial score (nSPS) is 19.2. The van der Waals surface area contributed by atoms with Crippen LogP contribution in [0.3, 0.4) is 0 Å². The van der Waals surface area contributed by atoms with Crippen LogP contribution in [0.4, 0.5) is 0 Å². The van der Waals surface area contributed by atoms with Crippen molar-refractivity contribution in [3.63, 3.8) is 0 Å². The van der Waals surface area contributed by atoms with Crippen LogP contribution in [-0.4, -0.2) is 25.0 Å². The van der Waals surface area contributed by atoms with Crippen LogP contribution in [0.15, 0.2) is 22.9 Å². The van der Waals surface area contributed by atoms with Crippen molar-refractivity contribution in [3.05, 3.63) is 28.5 Å². The van der Waals surface area contributed by atoms with Crippen molar-refractivity contribution in [2.24, 2.45) is 0 Å². The smallest absolute Gasteiger partial charge is 0.0166 e. The van der Waals surface area contributed by atoms with Crippen LogP contribution in [0.5, 0.6) is 0 Å². The molecule has 0 bridgehead atoms. The second-order valence-electron chi connectivity index (χ2n) is 3.25. The first-order valence-corrected chi connectivity index (χ1v) is 5.21. The quantitative estimate of drug-likeness (QED) is 0.640. The first kappa shape index (κ1) is 8.02. The van der Waals surface area contributed by atoms with Gasteiger partial charge in [0.15, 0.2) is 0 Å². The minimum absolute atomic E-state index is 1.10. The Morgan fingerprint density at radius 3 is 3.00 bits per heavy atom. The second-order valence-corrected chi connectivity index (χ2v) is 4.03. The van der Waals surface area contributed by atoms with Crippen molar-refractivity contribution in [2.45, 2.75) is 6.42 Å². The Morgan fingerprint density at radius 2 is 2.42 bits per heavy atom. The van der Waals surface area contributed by atoms with Crippen molar-refractivity contribution < 1.29 is 0 Å². The van der Waals surface area contributed by atoms with Crippen molar-refractivity contribution >= 4 is 16.9 Å². The molecule has 0 aromatic carbocycles. The molecule has 0 N–H and O–H groups in total. The van der Waals surface area contributed by atoms with Crippen molar-refractivity contribution in [3.8, 4) is 0 Å². The van der Waals surface area contributed by atoms with Gasteiger partial charge in [-0.3, -0.25) is 0 Å². The zero-order valence-electron chi connectivity index (χ0n) is 7.29. The van der Waals surface area contributed by atoms with E-state index < -0.39 is 0 Å². The monoisotopic (exact) mass is 179 g/mol. The first-order chi connectivity index (χ1) is 5.86. The maximum absolute atomic E-state index is 2.34. The van der Waals surface area contributed by atoms with Gasteiger partial charge in [-0.15, -0.1) is 0 Å². The molecule has 64 valence electrons. The van der Waals surface area contributed by atoms with E-state index in [-0.39, 0.29) is 0 Å². The van der Waals surface area contributed by atoms with Gasteiger partial charge in [0.05, 0.1) is 0 Å². The summed E-state index contributed by atoms with van der Waals surface area (Å²) in [4.78, 5) is 2.34. The number of thiophene rings is 1. The minimum Gasteiger partial charge on any atom is -0.302 e. The van der Waals surface area contributed by atoms with Crippen molar-refractivity contribution in [2.75, 3.05) is 20.1 Å². The van der Waals surface area contributed by atoms with Gasteiger partial charge in [-0.25, -0.2) is 0 Å². The Labute approximate surface area is 77.3 Å². The van der Waals surface area contributed by atoms with E-state index in [2.05, 4.69) is 34.9 Å². The molecule has 2 heteroatoms. The molecule has 2 heterocycles. The molecule has 2 rings (SSSR count). The molecule has 1 aliphatic rings. The number of hydrogen-bond donors (Lipinski definition) is 0. The van der Waals surface area contributed by atoms with Crippen LogP contribution in [0.1, 0.15) is 12.0 Å². The molecule has 1 aliphatic heterocycles. The van der Waals surface area contributed by atoms with E-state index in [1.165, 1.54) is 24.1 Å². The minimum atomic E-state index is 1.10. The molecule has 0 amide bonds. The van der Waals surface area contributed by atoms with E-state index in [9.17, 15) is 0 Å². The largest absolute Gasteiger partial charge is 0.302 e. The summed E-state index contributed by atoms with van der Waals surface area (Å²) in [5, 5.41) is 4.38. The summed E-state index contributed by atoms with van der Waals surface area (Å²) in [5.74, 6) is 0. The van der Waals surface area contributed by atoms with E-state index in [1.807, 2.05) is 0 Å². The summed E-state index contributed by atoms with van der Waals surface area (Å²) in [7, 11) is 2.17. The highest BCUT2D eigenvalue weighted by Crippen LogP contribution is 2.23. The standard InChI is InChI=1S/C10H13NS/c1-11-5-2-9(3-6-11)10-4-7-12-8-10/h2,4,7-8H,3,5-6H2,1H3. The molecule has 0 unspecified atom stereocenters. The van der Waals surface area contributed by atoms with Gasteiger partial charge in [0.2, 0.25) is 0 Å². The number of nitrogens with zero attached hydrogens (tertiary/aromatic N) is 1. The average molecular weight is 179 g/mol. The molecule has 0 spiro atoms. The van der Waals surface area contributed by atoms with Crippen LogP contribution in [0.25, 0.3) is 5.57 Å². The Balaban J connectivity index is 2.16. The van der Waals surface area contributed by atoms with Crippen molar-refractivity contribution in [1.29, 1.82) is 0 Å². The van der Waals surface area contributed by atoms with E-state index in [0.29, 0.717) is 0 Å². The van der Waals surface area contributed by atoms with Gasteiger partial charge in [-0.2, -0.15) is 11.3 Å². The third kappa shape index (κ3) is 1.59. The molecule has 0 saturated carbocycles. The fraction of sp³-hybridized carbons (Fsp3) is 0.400. The Morgan fingerprint density at radius 1 is 1.50 bits per heavy atom. The SMILES string of the molecule is CN1CC=C(c2ccsc2)CC1. The lowest BCUT2D eigenvalue weighted by Gasteiger charge is -2.21. The fourth-order valence-electron chi connectivity index (χ4n) is 1.48. The Kier molecular flexibility index (Phi) is 2.28. The molecule has 12 heavy (non-hydrogen) atoms. The van der Waals surface area contributed by atoms with Gasteiger partial charge < -0.3 is 4.90 Å². The zero-order chi connectivity index (χ0) is 8.39. The van der Waals surface area contributed by atoms with Crippen molar-refractivity contribution in [1.82, 2.24) is 4.90 Å². The van der Waals surface area contributed by atoms with Crippen LogP contribution in [0.2, 0.25) is 0 Å². The van der Waals surface area contributed by atoms with Crippen LogP contribution in [-0.2, 0) is 0 Å². The average Bonchev–Trinajstić information content (AvgIpc) is 2.58. The zero-order valence-corrected chi connectivity index (χ0v) is 8.10. The highest BCUT2D eigenvalue weighted by atomic mass is 32.1. The van der Waals surface area contributed by atoms with Gasteiger partial charge >= 0.3 is 0 Å².